The SMILES string of the molecule is CNc1nc(N2CCN(C)CC2)nc(N2CCc3cc(C(=O)NCc4ccc(Cl)cc4C(F)(F)F)ccc32)n1.O=C(O)C(F)(F)F. The van der Waals surface area contributed by atoms with Crippen LogP contribution in [0, 0.1) is 0 Å². The molecule has 2 aliphatic heterocycles. The van der Waals surface area contributed by atoms with Gasteiger partial charge in [0.2, 0.25) is 17.8 Å². The Morgan fingerprint density at radius 3 is 2.20 bits per heavy atom. The van der Waals surface area contributed by atoms with E-state index in [0.717, 1.165) is 43.5 Å². The monoisotopic (exact) mass is 674 g/mol. The summed E-state index contributed by atoms with van der Waals surface area (Å²) >= 11 is 5.75. The Balaban J connectivity index is 0.000000617. The fraction of sp³-hybridized carbons (Fsp3) is 0.393. The number of hydrogen-bond acceptors (Lipinski definition) is 9. The molecule has 1 fully saturated rings. The number of nitrogens with zero attached hydrogens (tertiary/aromatic N) is 6. The van der Waals surface area contributed by atoms with E-state index in [4.69, 9.17) is 26.5 Å². The van der Waals surface area contributed by atoms with Gasteiger partial charge in [-0.05, 0) is 54.9 Å². The number of carbonyl (C=O) groups is 2. The molecule has 3 N–H and O–H groups in total. The number of carboxylic acids is 1. The summed E-state index contributed by atoms with van der Waals surface area (Å²) in [6, 6.07) is 8.75. The average Bonchev–Trinajstić information content (AvgIpc) is 3.43. The third-order valence-corrected chi connectivity index (χ3v) is 7.39. The quantitative estimate of drug-likeness (QED) is 0.320. The molecule has 1 amide bonds. The number of likely N-dealkylation sites (N-methyl/N-ethyl adjacent to an activating group) is 1. The lowest BCUT2D eigenvalue weighted by molar-refractivity contribution is -0.192. The van der Waals surface area contributed by atoms with Gasteiger partial charge in [0, 0.05) is 62.6 Å². The molecule has 46 heavy (non-hydrogen) atoms. The second-order valence-corrected chi connectivity index (χ2v) is 10.8. The van der Waals surface area contributed by atoms with E-state index in [0.29, 0.717) is 36.4 Å². The van der Waals surface area contributed by atoms with Gasteiger partial charge in [-0.25, -0.2) is 4.79 Å². The summed E-state index contributed by atoms with van der Waals surface area (Å²) in [7, 11) is 3.85. The molecule has 0 aliphatic carbocycles. The maximum atomic E-state index is 13.4. The van der Waals surface area contributed by atoms with Gasteiger partial charge in [-0.3, -0.25) is 4.79 Å². The molecule has 0 bridgehead atoms. The molecular formula is C28H29ClF6N8O3. The van der Waals surface area contributed by atoms with Gasteiger partial charge in [-0.1, -0.05) is 17.7 Å². The molecule has 2 aliphatic rings. The van der Waals surface area contributed by atoms with Gasteiger partial charge in [0.05, 0.1) is 5.56 Å². The molecule has 0 unspecified atom stereocenters. The second-order valence-electron chi connectivity index (χ2n) is 10.3. The number of amides is 1. The largest absolute Gasteiger partial charge is 0.490 e. The highest BCUT2D eigenvalue weighted by Gasteiger charge is 2.38. The summed E-state index contributed by atoms with van der Waals surface area (Å²) in [4.78, 5) is 42.0. The second kappa shape index (κ2) is 13.9. The maximum absolute atomic E-state index is 13.4. The van der Waals surface area contributed by atoms with Crippen molar-refractivity contribution in [2.75, 3.05) is 61.9 Å². The van der Waals surface area contributed by atoms with Crippen LogP contribution in [0.5, 0.6) is 0 Å². The van der Waals surface area contributed by atoms with E-state index < -0.39 is 29.8 Å². The van der Waals surface area contributed by atoms with Gasteiger partial charge < -0.3 is 30.4 Å². The Morgan fingerprint density at radius 1 is 0.935 bits per heavy atom. The van der Waals surface area contributed by atoms with E-state index in [1.165, 1.54) is 12.1 Å². The van der Waals surface area contributed by atoms with Crippen LogP contribution in [-0.2, 0) is 23.9 Å². The van der Waals surface area contributed by atoms with Crippen molar-refractivity contribution < 1.29 is 41.0 Å². The van der Waals surface area contributed by atoms with Crippen LogP contribution < -0.4 is 20.4 Å². The van der Waals surface area contributed by atoms with Crippen molar-refractivity contribution in [3.05, 3.63) is 63.7 Å². The summed E-state index contributed by atoms with van der Waals surface area (Å²) in [6.45, 7) is 3.82. The number of carbonyl (C=O) groups excluding carboxylic acids is 1. The van der Waals surface area contributed by atoms with Crippen molar-refractivity contribution in [1.29, 1.82) is 0 Å². The zero-order chi connectivity index (χ0) is 33.8. The number of alkyl halides is 6. The number of hydrogen-bond donors (Lipinski definition) is 3. The van der Waals surface area contributed by atoms with Crippen molar-refractivity contribution in [1.82, 2.24) is 25.2 Å². The molecule has 5 rings (SSSR count). The molecule has 1 aromatic heterocycles. The number of aliphatic carboxylic acids is 1. The van der Waals surface area contributed by atoms with E-state index >= 15 is 0 Å². The number of aromatic nitrogens is 3. The third kappa shape index (κ3) is 8.45. The zero-order valence-corrected chi connectivity index (χ0v) is 25.3. The lowest BCUT2D eigenvalue weighted by Gasteiger charge is -2.32. The Labute approximate surface area is 264 Å². The molecule has 0 saturated carbocycles. The van der Waals surface area contributed by atoms with Crippen LogP contribution in [0.1, 0.15) is 27.0 Å². The van der Waals surface area contributed by atoms with E-state index in [1.54, 1.807) is 19.2 Å². The number of halogens is 7. The molecular weight excluding hydrogens is 646 g/mol. The van der Waals surface area contributed by atoms with Crippen molar-refractivity contribution in [3.8, 4) is 0 Å². The molecule has 248 valence electrons. The smallest absolute Gasteiger partial charge is 0.475 e. The van der Waals surface area contributed by atoms with Crippen LogP contribution in [0.4, 0.5) is 49.9 Å². The number of carboxylic acid groups (broad SMARTS) is 1. The molecule has 0 spiro atoms. The number of anilines is 4. The number of fused-ring (bicyclic) bond motifs is 1. The molecule has 11 nitrogen and oxygen atoms in total. The van der Waals surface area contributed by atoms with Gasteiger partial charge in [-0.2, -0.15) is 41.3 Å². The minimum absolute atomic E-state index is 0.0174. The molecule has 1 saturated heterocycles. The number of rotatable bonds is 6. The minimum atomic E-state index is -5.08. The van der Waals surface area contributed by atoms with Crippen LogP contribution in [0.25, 0.3) is 0 Å². The first-order chi connectivity index (χ1) is 21.6. The van der Waals surface area contributed by atoms with E-state index in [1.807, 2.05) is 11.0 Å². The molecule has 0 atom stereocenters. The summed E-state index contributed by atoms with van der Waals surface area (Å²) < 4.78 is 71.9. The maximum Gasteiger partial charge on any atom is 0.490 e. The topological polar surface area (TPSA) is 127 Å². The molecule has 18 heteroatoms. The van der Waals surface area contributed by atoms with Gasteiger partial charge in [0.15, 0.2) is 0 Å². The van der Waals surface area contributed by atoms with Crippen molar-refractivity contribution in [2.45, 2.75) is 25.3 Å². The predicted molar refractivity (Wildman–Crippen MR) is 158 cm³/mol. The van der Waals surface area contributed by atoms with E-state index in [2.05, 4.69) is 37.4 Å². The average molecular weight is 675 g/mol. The molecule has 0 radical (unpaired) electrons. The van der Waals surface area contributed by atoms with Gasteiger partial charge in [0.1, 0.15) is 0 Å². The Hall–Kier alpha value is -4.38. The van der Waals surface area contributed by atoms with Crippen molar-refractivity contribution in [3.63, 3.8) is 0 Å². The van der Waals surface area contributed by atoms with Crippen LogP contribution in [0.15, 0.2) is 36.4 Å². The molecule has 3 heterocycles. The number of piperazine rings is 1. The first kappa shape index (κ1) is 34.5. The summed E-state index contributed by atoms with van der Waals surface area (Å²) in [5.74, 6) is -1.62. The van der Waals surface area contributed by atoms with Crippen molar-refractivity contribution in [2.24, 2.45) is 0 Å². The van der Waals surface area contributed by atoms with E-state index in [9.17, 15) is 31.1 Å². The first-order valence-corrected chi connectivity index (χ1v) is 14.2. The Bertz CT molecular complexity index is 1580. The van der Waals surface area contributed by atoms with Crippen LogP contribution in [0.3, 0.4) is 0 Å². The highest BCUT2D eigenvalue weighted by Crippen LogP contribution is 2.35. The first-order valence-electron chi connectivity index (χ1n) is 13.8. The summed E-state index contributed by atoms with van der Waals surface area (Å²) in [5.41, 5.74) is 1.25. The highest BCUT2D eigenvalue weighted by molar-refractivity contribution is 6.30. The van der Waals surface area contributed by atoms with Crippen LogP contribution in [-0.4, -0.2) is 89.8 Å². The van der Waals surface area contributed by atoms with Gasteiger partial charge >= 0.3 is 18.3 Å². The predicted octanol–water partition coefficient (Wildman–Crippen LogP) is 4.59. The van der Waals surface area contributed by atoms with Crippen molar-refractivity contribution >= 4 is 47.0 Å². The Morgan fingerprint density at radius 2 is 1.59 bits per heavy atom. The zero-order valence-electron chi connectivity index (χ0n) is 24.5. The van der Waals surface area contributed by atoms with E-state index in [-0.39, 0.29) is 17.1 Å². The van der Waals surface area contributed by atoms with Gasteiger partial charge in [-0.15, -0.1) is 0 Å². The summed E-state index contributed by atoms with van der Waals surface area (Å²) in [6.07, 6.45) is -9.00. The van der Waals surface area contributed by atoms with Crippen LogP contribution >= 0.6 is 11.6 Å². The lowest BCUT2D eigenvalue weighted by Crippen LogP contribution is -2.45. The summed E-state index contributed by atoms with van der Waals surface area (Å²) in [5, 5.41) is 12.7. The normalized spacial score (nSPS) is 15.2. The Kier molecular flexibility index (Phi) is 10.5. The minimum Gasteiger partial charge on any atom is -0.475 e. The highest BCUT2D eigenvalue weighted by atomic mass is 35.5. The standard InChI is InChI=1S/C26H28ClF3N8O.C2HF3O2/c1-31-23-33-24(37-11-9-36(2)10-12-37)35-25(34-23)38-8-7-16-13-17(4-6-21(16)38)22(39)32-15-18-3-5-19(27)14-20(18)26(28,29)30;3-2(4,5)1(6)7/h3-6,13-14H,7-12,15H2,1-2H3,(H,32,39)(H,31,33,34,35);(H,6,7). The molecule has 3 aromatic rings. The number of nitrogens with one attached hydrogen (secondary N) is 2. The fourth-order valence-corrected chi connectivity index (χ4v) is 4.90. The van der Waals surface area contributed by atoms with Gasteiger partial charge in [0.25, 0.3) is 5.91 Å². The third-order valence-electron chi connectivity index (χ3n) is 7.16. The van der Waals surface area contributed by atoms with Crippen LogP contribution in [0.2, 0.25) is 5.02 Å². The lowest BCUT2D eigenvalue weighted by atomic mass is 10.1. The molecule has 2 aromatic carbocycles. The fourth-order valence-electron chi connectivity index (χ4n) is 4.73. The number of benzene rings is 2.